The van der Waals surface area contributed by atoms with E-state index in [1.54, 1.807) is 6.92 Å². The third-order valence-corrected chi connectivity index (χ3v) is 5.50. The van der Waals surface area contributed by atoms with E-state index < -0.39 is 34.5 Å². The van der Waals surface area contributed by atoms with E-state index in [4.69, 9.17) is 4.74 Å². The van der Waals surface area contributed by atoms with E-state index in [9.17, 15) is 26.0 Å². The Bertz CT molecular complexity index is 839. The molecule has 0 saturated carbocycles. The van der Waals surface area contributed by atoms with Crippen molar-refractivity contribution in [2.45, 2.75) is 36.9 Å². The molecule has 1 aromatic rings. The fourth-order valence-corrected chi connectivity index (χ4v) is 4.28. The van der Waals surface area contributed by atoms with Gasteiger partial charge >= 0.3 is 6.18 Å². The quantitative estimate of drug-likeness (QED) is 0.797. The van der Waals surface area contributed by atoms with Crippen LogP contribution in [0.15, 0.2) is 21.4 Å². The Hall–Kier alpha value is -1.88. The molecule has 6 nitrogen and oxygen atoms in total. The molecule has 2 aliphatic rings. The molecule has 1 saturated heterocycles. The molecule has 0 radical (unpaired) electrons. The van der Waals surface area contributed by atoms with Crippen LogP contribution >= 0.6 is 0 Å². The number of fused-ring (bicyclic) bond motifs is 1. The Morgan fingerprint density at radius 3 is 2.77 bits per heavy atom. The summed E-state index contributed by atoms with van der Waals surface area (Å²) in [5, 5.41) is 2.82. The van der Waals surface area contributed by atoms with Gasteiger partial charge in [0.25, 0.3) is 10.0 Å². The number of hydrogen-bond acceptors (Lipinski definition) is 5. The normalized spacial score (nSPS) is 22.4. The predicted octanol–water partition coefficient (Wildman–Crippen LogP) is 2.91. The number of nitrogens with one attached hydrogen (secondary N) is 1. The summed E-state index contributed by atoms with van der Waals surface area (Å²) in [7, 11) is -4.13. The Balaban J connectivity index is 2.10. The van der Waals surface area contributed by atoms with Crippen LogP contribution in [0.1, 0.15) is 19.8 Å². The smallest absolute Gasteiger partial charge is 0.377 e. The summed E-state index contributed by atoms with van der Waals surface area (Å²) in [5.41, 5.74) is 0.106. The first-order chi connectivity index (χ1) is 12.1. The lowest BCUT2D eigenvalue weighted by atomic mass is 10.1. The highest BCUT2D eigenvalue weighted by atomic mass is 32.2. The number of sulfonamides is 1. The third-order valence-electron chi connectivity index (χ3n) is 4.16. The van der Waals surface area contributed by atoms with Crippen molar-refractivity contribution in [3.8, 4) is 0 Å². The van der Waals surface area contributed by atoms with Gasteiger partial charge in [-0.15, -0.1) is 4.40 Å². The largest absolute Gasteiger partial charge is 0.391 e. The maximum atomic E-state index is 14.1. The molecule has 0 aliphatic carbocycles. The second kappa shape index (κ2) is 6.69. The van der Waals surface area contributed by atoms with Gasteiger partial charge in [-0.05, 0) is 12.1 Å². The van der Waals surface area contributed by atoms with Crippen molar-refractivity contribution in [3.05, 3.63) is 17.9 Å². The molecule has 26 heavy (non-hydrogen) atoms. The number of amidine groups is 1. The van der Waals surface area contributed by atoms with Gasteiger partial charge in [-0.1, -0.05) is 6.92 Å². The van der Waals surface area contributed by atoms with E-state index in [1.807, 2.05) is 0 Å². The highest BCUT2D eigenvalue weighted by molar-refractivity contribution is 7.90. The van der Waals surface area contributed by atoms with E-state index >= 15 is 0 Å². The first kappa shape index (κ1) is 18.9. The molecular formula is C15H17F4N3O3S. The molecule has 1 atom stereocenters. The van der Waals surface area contributed by atoms with Crippen molar-refractivity contribution in [3.63, 3.8) is 0 Å². The molecular weight excluding hydrogens is 378 g/mol. The summed E-state index contributed by atoms with van der Waals surface area (Å²) in [6, 6.07) is 0.772. The SMILES string of the molecule is CCC1=NS(=O)(=O)c2cc(F)cc(N3CCOCC3CC(F)(F)F)c2N1. The number of hydrogen-bond donors (Lipinski definition) is 1. The van der Waals surface area contributed by atoms with Crippen molar-refractivity contribution < 1.29 is 30.7 Å². The van der Waals surface area contributed by atoms with Crippen LogP contribution in [0.2, 0.25) is 0 Å². The monoisotopic (exact) mass is 395 g/mol. The van der Waals surface area contributed by atoms with Gasteiger partial charge in [0, 0.05) is 13.0 Å². The summed E-state index contributed by atoms with van der Waals surface area (Å²) < 4.78 is 86.1. The van der Waals surface area contributed by atoms with Crippen LogP contribution in [0.5, 0.6) is 0 Å². The number of morpholine rings is 1. The van der Waals surface area contributed by atoms with Crippen molar-refractivity contribution in [1.29, 1.82) is 0 Å². The standard InChI is InChI=1S/C15H17F4N3O3S/c1-2-13-20-14-11(5-9(16)6-12(14)26(23,24)21-13)22-3-4-25-8-10(22)7-15(17,18)19/h5-6,10H,2-4,7-8H2,1H3,(H,20,21). The minimum absolute atomic E-state index is 0.0484. The van der Waals surface area contributed by atoms with Crippen LogP contribution in [0.3, 0.4) is 0 Å². The van der Waals surface area contributed by atoms with Gasteiger partial charge in [0.05, 0.1) is 37.1 Å². The number of ether oxygens (including phenoxy) is 1. The number of anilines is 2. The van der Waals surface area contributed by atoms with E-state index in [0.29, 0.717) is 0 Å². The predicted molar refractivity (Wildman–Crippen MR) is 87.6 cm³/mol. The van der Waals surface area contributed by atoms with Gasteiger partial charge in [0.15, 0.2) is 0 Å². The number of rotatable bonds is 3. The zero-order valence-corrected chi connectivity index (χ0v) is 14.6. The minimum atomic E-state index is -4.44. The van der Waals surface area contributed by atoms with Crippen LogP contribution in [-0.4, -0.2) is 46.2 Å². The second-order valence-corrected chi connectivity index (χ2v) is 7.60. The lowest BCUT2D eigenvalue weighted by Crippen LogP contribution is -2.48. The van der Waals surface area contributed by atoms with Crippen LogP contribution < -0.4 is 10.2 Å². The molecule has 1 aromatic carbocycles. The summed E-state index contributed by atoms with van der Waals surface area (Å²) in [6.07, 6.45) is -5.32. The fourth-order valence-electron chi connectivity index (χ4n) is 3.05. The zero-order chi connectivity index (χ0) is 19.1. The van der Waals surface area contributed by atoms with Crippen LogP contribution in [0.4, 0.5) is 28.9 Å². The molecule has 3 rings (SSSR count). The summed E-state index contributed by atoms with van der Waals surface area (Å²) in [5.74, 6) is -0.720. The summed E-state index contributed by atoms with van der Waals surface area (Å²) >= 11 is 0. The van der Waals surface area contributed by atoms with E-state index in [0.717, 1.165) is 12.1 Å². The molecule has 11 heteroatoms. The van der Waals surface area contributed by atoms with Gasteiger partial charge in [0.2, 0.25) is 0 Å². The molecule has 1 fully saturated rings. The lowest BCUT2D eigenvalue weighted by molar-refractivity contribution is -0.143. The maximum absolute atomic E-state index is 14.1. The minimum Gasteiger partial charge on any atom is -0.377 e. The summed E-state index contributed by atoms with van der Waals surface area (Å²) in [4.78, 5) is 0.960. The summed E-state index contributed by atoms with van der Waals surface area (Å²) in [6.45, 7) is 1.72. The molecule has 0 spiro atoms. The molecule has 1 N–H and O–H groups in total. The average molecular weight is 395 g/mol. The zero-order valence-electron chi connectivity index (χ0n) is 13.8. The highest BCUT2D eigenvalue weighted by Crippen LogP contribution is 2.40. The first-order valence-electron chi connectivity index (χ1n) is 7.96. The number of halogens is 4. The Kier molecular flexibility index (Phi) is 4.86. The van der Waals surface area contributed by atoms with E-state index in [1.165, 1.54) is 4.90 Å². The number of alkyl halides is 3. The molecule has 0 bridgehead atoms. The topological polar surface area (TPSA) is 71.0 Å². The highest BCUT2D eigenvalue weighted by Gasteiger charge is 2.38. The first-order valence-corrected chi connectivity index (χ1v) is 9.40. The molecule has 0 aromatic heterocycles. The van der Waals surface area contributed by atoms with E-state index in [2.05, 4.69) is 9.71 Å². The molecule has 0 amide bonds. The van der Waals surface area contributed by atoms with E-state index in [-0.39, 0.29) is 48.3 Å². The number of benzene rings is 1. The van der Waals surface area contributed by atoms with Gasteiger partial charge in [-0.3, -0.25) is 0 Å². The maximum Gasteiger partial charge on any atom is 0.391 e. The lowest BCUT2D eigenvalue weighted by Gasteiger charge is -2.39. The van der Waals surface area contributed by atoms with Crippen LogP contribution in [0.25, 0.3) is 0 Å². The Morgan fingerprint density at radius 1 is 1.38 bits per heavy atom. The van der Waals surface area contributed by atoms with Crippen molar-refractivity contribution in [1.82, 2.24) is 0 Å². The van der Waals surface area contributed by atoms with Crippen molar-refractivity contribution >= 4 is 27.2 Å². The fraction of sp³-hybridized carbons (Fsp3) is 0.533. The Labute approximate surface area is 147 Å². The Morgan fingerprint density at radius 2 is 2.12 bits per heavy atom. The van der Waals surface area contributed by atoms with Crippen LogP contribution in [-0.2, 0) is 14.8 Å². The van der Waals surface area contributed by atoms with Crippen LogP contribution in [0, 0.1) is 5.82 Å². The molecule has 1 unspecified atom stereocenters. The molecule has 2 aliphatic heterocycles. The van der Waals surface area contributed by atoms with Gasteiger partial charge in [0.1, 0.15) is 16.5 Å². The van der Waals surface area contributed by atoms with Gasteiger partial charge in [-0.2, -0.15) is 21.6 Å². The number of nitrogens with zero attached hydrogens (tertiary/aromatic N) is 2. The van der Waals surface area contributed by atoms with Crippen molar-refractivity contribution in [2.75, 3.05) is 30.0 Å². The van der Waals surface area contributed by atoms with Gasteiger partial charge in [-0.25, -0.2) is 4.39 Å². The second-order valence-electron chi connectivity index (χ2n) is 6.03. The average Bonchev–Trinajstić information content (AvgIpc) is 2.53. The van der Waals surface area contributed by atoms with Crippen molar-refractivity contribution in [2.24, 2.45) is 4.40 Å². The third kappa shape index (κ3) is 3.78. The molecule has 2 heterocycles. The van der Waals surface area contributed by atoms with Gasteiger partial charge < -0.3 is 15.0 Å². The molecule has 144 valence electrons.